The lowest BCUT2D eigenvalue weighted by molar-refractivity contribution is -0.137. The van der Waals surface area contributed by atoms with E-state index < -0.39 is 53.0 Å². The fourth-order valence-electron chi connectivity index (χ4n) is 6.52. The molecule has 2 fully saturated rings. The number of fused-ring (bicyclic) bond motifs is 6. The van der Waals surface area contributed by atoms with Crippen LogP contribution in [-0.2, 0) is 27.7 Å². The first-order valence-electron chi connectivity index (χ1n) is 13.5. The molecule has 4 atom stereocenters. The first kappa shape index (κ1) is 29.9. The van der Waals surface area contributed by atoms with Gasteiger partial charge in [0.25, 0.3) is 5.56 Å². The molecule has 2 amide bonds. The number of ether oxygens (including phenoxy) is 1. The third-order valence-corrected chi connectivity index (χ3v) is 8.94. The summed E-state index contributed by atoms with van der Waals surface area (Å²) in [6.45, 7) is 4.67. The number of amides is 2. The monoisotopic (exact) mass is 688 g/mol. The molecule has 2 unspecified atom stereocenters. The SMILES string of the molecule is CC(C)(C)OC(=O)N1CC[C@]2(c3c(n(CC(=O)Nc4ccc(C(F)(F)F)cc4Cl)c4nc(Br)nn4c3=O)C3CC32)[C@@H](F)C1. The van der Waals surface area contributed by atoms with Crippen LogP contribution in [0.25, 0.3) is 5.78 Å². The van der Waals surface area contributed by atoms with Gasteiger partial charge in [0.05, 0.1) is 22.8 Å². The molecular formula is C27H26BrClF4N6O4. The maximum Gasteiger partial charge on any atom is 0.416 e. The van der Waals surface area contributed by atoms with E-state index in [1.54, 1.807) is 20.8 Å². The molecule has 1 saturated carbocycles. The van der Waals surface area contributed by atoms with Crippen molar-refractivity contribution in [1.82, 2.24) is 24.1 Å². The summed E-state index contributed by atoms with van der Waals surface area (Å²) in [5, 5.41) is 6.36. The summed E-state index contributed by atoms with van der Waals surface area (Å²) in [4.78, 5) is 45.4. The molecule has 1 aliphatic heterocycles. The van der Waals surface area contributed by atoms with E-state index in [4.69, 9.17) is 16.3 Å². The number of halogens is 6. The largest absolute Gasteiger partial charge is 0.444 e. The van der Waals surface area contributed by atoms with Crippen LogP contribution in [-0.4, -0.2) is 60.9 Å². The zero-order valence-electron chi connectivity index (χ0n) is 23.1. The molecule has 3 aliphatic rings. The highest BCUT2D eigenvalue weighted by Crippen LogP contribution is 2.68. The van der Waals surface area contributed by atoms with E-state index in [1.807, 2.05) is 0 Å². The average molecular weight is 690 g/mol. The average Bonchev–Trinajstić information content (AvgIpc) is 3.50. The molecule has 1 N–H and O–H groups in total. The van der Waals surface area contributed by atoms with E-state index in [2.05, 4.69) is 31.3 Å². The number of nitrogens with zero attached hydrogens (tertiary/aromatic N) is 5. The summed E-state index contributed by atoms with van der Waals surface area (Å²) >= 11 is 9.20. The van der Waals surface area contributed by atoms with Crippen LogP contribution in [0.15, 0.2) is 27.7 Å². The fourth-order valence-corrected chi connectivity index (χ4v) is 7.07. The van der Waals surface area contributed by atoms with Gasteiger partial charge < -0.3 is 19.5 Å². The Morgan fingerprint density at radius 2 is 1.98 bits per heavy atom. The zero-order chi connectivity index (χ0) is 31.2. The van der Waals surface area contributed by atoms with Crippen LogP contribution in [0.4, 0.5) is 28.0 Å². The van der Waals surface area contributed by atoms with Crippen molar-refractivity contribution in [2.24, 2.45) is 5.92 Å². The molecule has 2 aliphatic carbocycles. The van der Waals surface area contributed by atoms with Gasteiger partial charge in [-0.2, -0.15) is 22.7 Å². The topological polar surface area (TPSA) is 111 Å². The number of anilines is 1. The summed E-state index contributed by atoms with van der Waals surface area (Å²) < 4.78 is 63.5. The summed E-state index contributed by atoms with van der Waals surface area (Å²) in [5.74, 6) is -1.05. The molecule has 43 heavy (non-hydrogen) atoms. The van der Waals surface area contributed by atoms with Crippen molar-refractivity contribution in [2.45, 2.75) is 69.4 Å². The van der Waals surface area contributed by atoms with Gasteiger partial charge >= 0.3 is 12.3 Å². The number of carbonyl (C=O) groups excluding carboxylic acids is 2. The van der Waals surface area contributed by atoms with E-state index >= 15 is 4.39 Å². The molecule has 16 heteroatoms. The van der Waals surface area contributed by atoms with Crippen molar-refractivity contribution >= 4 is 51.0 Å². The highest BCUT2D eigenvalue weighted by Gasteiger charge is 2.68. The number of hydrogen-bond acceptors (Lipinski definition) is 6. The highest BCUT2D eigenvalue weighted by molar-refractivity contribution is 9.10. The Kier molecular flexibility index (Phi) is 6.88. The Morgan fingerprint density at radius 1 is 1.26 bits per heavy atom. The number of likely N-dealkylation sites (tertiary alicyclic amines) is 1. The standard InChI is InChI=1S/C27H26BrClF4N6O4/c1-25(2,3)43-24(42)37-7-6-26(17(30)10-37)14-9-13(14)20-19(26)21(41)39-23(35-22(28)36-39)38(20)11-18(40)34-16-5-4-12(8-15(16)29)27(31,32)33/h4-5,8,13-14,17H,6-7,9-11H2,1-3H3,(H,34,40)/t13?,14?,17-,26+/m0/s1. The van der Waals surface area contributed by atoms with E-state index in [1.165, 1.54) is 9.47 Å². The predicted molar refractivity (Wildman–Crippen MR) is 150 cm³/mol. The van der Waals surface area contributed by atoms with Crippen LogP contribution in [0.1, 0.15) is 56.4 Å². The quantitative estimate of drug-likeness (QED) is 0.374. The van der Waals surface area contributed by atoms with Crippen LogP contribution >= 0.6 is 27.5 Å². The minimum absolute atomic E-state index is 0.0323. The Hall–Kier alpha value is -3.20. The second kappa shape index (κ2) is 9.91. The molecule has 1 spiro atoms. The number of carbonyl (C=O) groups is 2. The summed E-state index contributed by atoms with van der Waals surface area (Å²) in [7, 11) is 0. The molecule has 0 radical (unpaired) electrons. The predicted octanol–water partition coefficient (Wildman–Crippen LogP) is 5.30. The molecule has 0 bridgehead atoms. The second-order valence-corrected chi connectivity index (χ2v) is 13.2. The number of piperidine rings is 1. The number of nitrogens with one attached hydrogen (secondary N) is 1. The molecule has 10 nitrogen and oxygen atoms in total. The molecule has 1 aromatic carbocycles. The van der Waals surface area contributed by atoms with Crippen molar-refractivity contribution in [3.63, 3.8) is 0 Å². The number of benzene rings is 1. The lowest BCUT2D eigenvalue weighted by Gasteiger charge is -2.43. The van der Waals surface area contributed by atoms with Gasteiger partial charge in [-0.25, -0.2) is 9.18 Å². The van der Waals surface area contributed by atoms with E-state index in [0.717, 1.165) is 16.6 Å². The number of rotatable bonds is 3. The van der Waals surface area contributed by atoms with Crippen molar-refractivity contribution < 1.29 is 31.9 Å². The third kappa shape index (κ3) is 4.97. The lowest BCUT2D eigenvalue weighted by Crippen LogP contribution is -2.56. The van der Waals surface area contributed by atoms with Gasteiger partial charge in [-0.15, -0.1) is 5.10 Å². The molecule has 230 valence electrons. The van der Waals surface area contributed by atoms with Gasteiger partial charge in [0, 0.05) is 29.1 Å². The Morgan fingerprint density at radius 3 is 2.60 bits per heavy atom. The van der Waals surface area contributed by atoms with Crippen molar-refractivity contribution in [2.75, 3.05) is 18.4 Å². The summed E-state index contributed by atoms with van der Waals surface area (Å²) in [6.07, 6.45) is -6.08. The Bertz CT molecular complexity index is 1740. The third-order valence-electron chi connectivity index (χ3n) is 8.29. The fraction of sp³-hybridized carbons (Fsp3) is 0.519. The number of hydrogen-bond donors (Lipinski definition) is 1. The maximum absolute atomic E-state index is 16.3. The minimum Gasteiger partial charge on any atom is -0.444 e. The van der Waals surface area contributed by atoms with Crippen molar-refractivity contribution in [1.29, 1.82) is 0 Å². The van der Waals surface area contributed by atoms with Crippen molar-refractivity contribution in [3.05, 3.63) is 55.1 Å². The van der Waals surface area contributed by atoms with Gasteiger partial charge in [-0.1, -0.05) is 11.6 Å². The number of aromatic nitrogens is 4. The van der Waals surface area contributed by atoms with Gasteiger partial charge in [-0.05, 0) is 73.7 Å². The first-order valence-corrected chi connectivity index (χ1v) is 14.7. The molecule has 3 aromatic rings. The Labute approximate surface area is 255 Å². The normalized spacial score (nSPS) is 24.7. The summed E-state index contributed by atoms with van der Waals surface area (Å²) in [6, 6.07) is 2.57. The van der Waals surface area contributed by atoms with Gasteiger partial charge in [-0.3, -0.25) is 9.59 Å². The van der Waals surface area contributed by atoms with Crippen LogP contribution in [0, 0.1) is 5.92 Å². The molecule has 6 rings (SSSR count). The lowest BCUT2D eigenvalue weighted by atomic mass is 9.70. The van der Waals surface area contributed by atoms with Crippen LogP contribution in [0.5, 0.6) is 0 Å². The first-order chi connectivity index (χ1) is 20.0. The Balaban J connectivity index is 1.36. The van der Waals surface area contributed by atoms with Crippen LogP contribution in [0.2, 0.25) is 5.02 Å². The van der Waals surface area contributed by atoms with Crippen LogP contribution in [0.3, 0.4) is 0 Å². The molecule has 1 saturated heterocycles. The highest BCUT2D eigenvalue weighted by atomic mass is 79.9. The molecule has 2 aromatic heterocycles. The number of alkyl halides is 4. The van der Waals surface area contributed by atoms with E-state index in [0.29, 0.717) is 18.2 Å². The van der Waals surface area contributed by atoms with Crippen molar-refractivity contribution in [3.8, 4) is 0 Å². The minimum atomic E-state index is -4.61. The van der Waals surface area contributed by atoms with Gasteiger partial charge in [0.2, 0.25) is 16.4 Å². The summed E-state index contributed by atoms with van der Waals surface area (Å²) in [5.41, 5.74) is -2.82. The molecular weight excluding hydrogens is 664 g/mol. The van der Waals surface area contributed by atoms with E-state index in [9.17, 15) is 27.6 Å². The molecule has 3 heterocycles. The second-order valence-electron chi connectivity index (χ2n) is 12.1. The maximum atomic E-state index is 16.3. The smallest absolute Gasteiger partial charge is 0.416 e. The van der Waals surface area contributed by atoms with Gasteiger partial charge in [0.1, 0.15) is 18.3 Å². The van der Waals surface area contributed by atoms with Crippen LogP contribution < -0.4 is 10.9 Å². The van der Waals surface area contributed by atoms with Gasteiger partial charge in [0.15, 0.2) is 0 Å². The zero-order valence-corrected chi connectivity index (χ0v) is 25.5. The van der Waals surface area contributed by atoms with E-state index in [-0.39, 0.29) is 58.1 Å².